The monoisotopic (exact) mass is 277 g/mol. The number of aryl methyl sites for hydroxylation is 1. The molecule has 2 rings (SSSR count). The summed E-state index contributed by atoms with van der Waals surface area (Å²) in [6.45, 7) is 5.75. The van der Waals surface area contributed by atoms with Gasteiger partial charge in [0.05, 0.1) is 0 Å². The predicted molar refractivity (Wildman–Crippen MR) is 78.2 cm³/mol. The van der Waals surface area contributed by atoms with E-state index in [1.165, 1.54) is 0 Å². The van der Waals surface area contributed by atoms with Crippen molar-refractivity contribution in [3.8, 4) is 5.75 Å². The molecule has 0 radical (unpaired) electrons. The molecule has 0 saturated carbocycles. The van der Waals surface area contributed by atoms with Gasteiger partial charge in [-0.25, -0.2) is 4.98 Å². The summed E-state index contributed by atoms with van der Waals surface area (Å²) in [5.41, 5.74) is 1.02. The van der Waals surface area contributed by atoms with Crippen LogP contribution in [0.1, 0.15) is 29.0 Å². The lowest BCUT2D eigenvalue weighted by Crippen LogP contribution is -2.44. The molecule has 0 aromatic carbocycles. The van der Waals surface area contributed by atoms with Gasteiger partial charge in [0.15, 0.2) is 6.29 Å². The molecule has 1 saturated heterocycles. The van der Waals surface area contributed by atoms with Crippen molar-refractivity contribution in [2.45, 2.75) is 19.3 Å². The zero-order valence-electron chi connectivity index (χ0n) is 12.1. The molecule has 0 atom stereocenters. The van der Waals surface area contributed by atoms with E-state index in [1.54, 1.807) is 12.1 Å². The molecule has 5 heteroatoms. The molecule has 1 N–H and O–H groups in total. The van der Waals surface area contributed by atoms with E-state index in [-0.39, 0.29) is 11.4 Å². The van der Waals surface area contributed by atoms with Crippen LogP contribution in [0.15, 0.2) is 12.1 Å². The second-order valence-electron chi connectivity index (χ2n) is 5.43. The highest BCUT2D eigenvalue weighted by atomic mass is 16.3. The predicted octanol–water partition coefficient (Wildman–Crippen LogP) is 1.17. The first-order chi connectivity index (χ1) is 9.69. The molecule has 0 bridgehead atoms. The number of likely N-dealkylation sites (N-methyl/N-ethyl adjacent to an activating group) is 1. The van der Waals surface area contributed by atoms with Crippen molar-refractivity contribution < 1.29 is 9.90 Å². The summed E-state index contributed by atoms with van der Waals surface area (Å²) in [5.74, 6) is -0.0406. The molecule has 1 aliphatic heterocycles. The van der Waals surface area contributed by atoms with E-state index in [9.17, 15) is 9.90 Å². The Morgan fingerprint density at radius 1 is 1.25 bits per heavy atom. The molecule has 110 valence electrons. The number of aldehydes is 1. The van der Waals surface area contributed by atoms with Gasteiger partial charge in [0.1, 0.15) is 11.4 Å². The van der Waals surface area contributed by atoms with Crippen molar-refractivity contribution in [1.82, 2.24) is 14.8 Å². The van der Waals surface area contributed by atoms with Crippen molar-refractivity contribution in [3.63, 3.8) is 0 Å². The lowest BCUT2D eigenvalue weighted by atomic mass is 10.1. The third-order valence-corrected chi connectivity index (χ3v) is 3.82. The molecule has 5 nitrogen and oxygen atoms in total. The lowest BCUT2D eigenvalue weighted by molar-refractivity contribution is 0.111. The number of hydrogen-bond acceptors (Lipinski definition) is 5. The molecular formula is C15H23N3O2. The average molecular weight is 277 g/mol. The Bertz CT molecular complexity index is 443. The number of carbonyl (C=O) groups is 1. The SMILES string of the molecule is CN1CCN(CCCCc2ccc(O)c(C=O)n2)CC1. The van der Waals surface area contributed by atoms with E-state index >= 15 is 0 Å². The van der Waals surface area contributed by atoms with Gasteiger partial charge in [-0.1, -0.05) is 0 Å². The molecule has 1 fully saturated rings. The number of pyridine rings is 1. The number of piperazine rings is 1. The van der Waals surface area contributed by atoms with Crippen molar-refractivity contribution in [3.05, 3.63) is 23.5 Å². The summed E-state index contributed by atoms with van der Waals surface area (Å²) in [6.07, 6.45) is 3.66. The Morgan fingerprint density at radius 3 is 2.70 bits per heavy atom. The molecule has 2 heterocycles. The number of hydrogen-bond donors (Lipinski definition) is 1. The summed E-state index contributed by atoms with van der Waals surface area (Å²) in [4.78, 5) is 19.7. The van der Waals surface area contributed by atoms with Crippen LogP contribution in [0.4, 0.5) is 0 Å². The van der Waals surface area contributed by atoms with Crippen LogP contribution in [-0.4, -0.2) is 65.9 Å². The Morgan fingerprint density at radius 2 is 2.00 bits per heavy atom. The van der Waals surface area contributed by atoms with Crippen LogP contribution in [0, 0.1) is 0 Å². The van der Waals surface area contributed by atoms with Gasteiger partial charge in [0, 0.05) is 31.9 Å². The topological polar surface area (TPSA) is 56.7 Å². The van der Waals surface area contributed by atoms with Gasteiger partial charge in [-0.3, -0.25) is 4.79 Å². The van der Waals surface area contributed by atoms with Gasteiger partial charge in [-0.15, -0.1) is 0 Å². The van der Waals surface area contributed by atoms with Crippen LogP contribution in [-0.2, 0) is 6.42 Å². The first-order valence-electron chi connectivity index (χ1n) is 7.24. The van der Waals surface area contributed by atoms with E-state index in [1.807, 2.05) is 0 Å². The van der Waals surface area contributed by atoms with E-state index in [0.29, 0.717) is 6.29 Å². The molecule has 0 spiro atoms. The maximum atomic E-state index is 10.7. The normalized spacial score (nSPS) is 17.2. The van der Waals surface area contributed by atoms with Crippen molar-refractivity contribution in [2.24, 2.45) is 0 Å². The second-order valence-corrected chi connectivity index (χ2v) is 5.43. The van der Waals surface area contributed by atoms with E-state index in [4.69, 9.17) is 0 Å². The van der Waals surface area contributed by atoms with Gasteiger partial charge in [0.25, 0.3) is 0 Å². The van der Waals surface area contributed by atoms with Gasteiger partial charge in [-0.2, -0.15) is 0 Å². The fourth-order valence-corrected chi connectivity index (χ4v) is 2.45. The molecule has 0 unspecified atom stereocenters. The maximum Gasteiger partial charge on any atom is 0.172 e. The Kier molecular flexibility index (Phi) is 5.49. The largest absolute Gasteiger partial charge is 0.506 e. The second kappa shape index (κ2) is 7.36. The number of aromatic nitrogens is 1. The van der Waals surface area contributed by atoms with E-state index < -0.39 is 0 Å². The maximum absolute atomic E-state index is 10.7. The summed E-state index contributed by atoms with van der Waals surface area (Å²) in [5, 5.41) is 9.39. The number of carbonyl (C=O) groups excluding carboxylic acids is 1. The third-order valence-electron chi connectivity index (χ3n) is 3.82. The highest BCUT2D eigenvalue weighted by Crippen LogP contribution is 2.14. The third kappa shape index (κ3) is 4.28. The number of nitrogens with zero attached hydrogens (tertiary/aromatic N) is 3. The summed E-state index contributed by atoms with van der Waals surface area (Å²) < 4.78 is 0. The number of unbranched alkanes of at least 4 members (excludes halogenated alkanes) is 1. The quantitative estimate of drug-likeness (QED) is 0.625. The standard InChI is InChI=1S/C15H23N3O2/c1-17-8-10-18(11-9-17)7-3-2-4-13-5-6-15(20)14(12-19)16-13/h5-6,12,20H,2-4,7-11H2,1H3. The summed E-state index contributed by atoms with van der Waals surface area (Å²) in [7, 11) is 2.17. The molecule has 0 amide bonds. The minimum atomic E-state index is -0.0406. The molecule has 0 aliphatic carbocycles. The van der Waals surface area contributed by atoms with Crippen LogP contribution < -0.4 is 0 Å². The first-order valence-corrected chi connectivity index (χ1v) is 7.24. The number of rotatable bonds is 6. The average Bonchev–Trinajstić information content (AvgIpc) is 2.47. The van der Waals surface area contributed by atoms with E-state index in [0.717, 1.165) is 57.7 Å². The minimum Gasteiger partial charge on any atom is -0.506 e. The van der Waals surface area contributed by atoms with Crippen molar-refractivity contribution >= 4 is 6.29 Å². The van der Waals surface area contributed by atoms with Crippen LogP contribution in [0.3, 0.4) is 0 Å². The van der Waals surface area contributed by atoms with Crippen LogP contribution >= 0.6 is 0 Å². The van der Waals surface area contributed by atoms with Crippen molar-refractivity contribution in [1.29, 1.82) is 0 Å². The zero-order valence-corrected chi connectivity index (χ0v) is 12.1. The van der Waals surface area contributed by atoms with Crippen molar-refractivity contribution in [2.75, 3.05) is 39.8 Å². The van der Waals surface area contributed by atoms with E-state index in [2.05, 4.69) is 21.8 Å². The molecule has 1 aromatic rings. The highest BCUT2D eigenvalue weighted by molar-refractivity contribution is 5.75. The Balaban J connectivity index is 1.69. The minimum absolute atomic E-state index is 0.0406. The van der Waals surface area contributed by atoms with Gasteiger partial charge < -0.3 is 14.9 Å². The smallest absolute Gasteiger partial charge is 0.172 e. The van der Waals surface area contributed by atoms with Crippen LogP contribution in [0.25, 0.3) is 0 Å². The first kappa shape index (κ1) is 14.9. The summed E-state index contributed by atoms with van der Waals surface area (Å²) >= 11 is 0. The highest BCUT2D eigenvalue weighted by Gasteiger charge is 2.12. The van der Waals surface area contributed by atoms with Crippen LogP contribution in [0.5, 0.6) is 5.75 Å². The molecule has 1 aromatic heterocycles. The fourth-order valence-electron chi connectivity index (χ4n) is 2.45. The van der Waals surface area contributed by atoms with Gasteiger partial charge in [0.2, 0.25) is 0 Å². The van der Waals surface area contributed by atoms with Crippen LogP contribution in [0.2, 0.25) is 0 Å². The fraction of sp³-hybridized carbons (Fsp3) is 0.600. The molecule has 1 aliphatic rings. The molecular weight excluding hydrogens is 254 g/mol. The zero-order chi connectivity index (χ0) is 14.4. The molecule has 20 heavy (non-hydrogen) atoms. The lowest BCUT2D eigenvalue weighted by Gasteiger charge is -2.32. The Labute approximate surface area is 120 Å². The Hall–Kier alpha value is -1.46. The summed E-state index contributed by atoms with van der Waals surface area (Å²) in [6, 6.07) is 3.34. The van der Waals surface area contributed by atoms with Gasteiger partial charge >= 0.3 is 0 Å². The number of aromatic hydroxyl groups is 1. The van der Waals surface area contributed by atoms with Gasteiger partial charge in [-0.05, 0) is 45.0 Å².